The lowest BCUT2D eigenvalue weighted by molar-refractivity contribution is -0.131. The third kappa shape index (κ3) is 6.36. The Hall–Kier alpha value is -2.40. The van der Waals surface area contributed by atoms with E-state index in [9.17, 15) is 9.18 Å². The van der Waals surface area contributed by atoms with E-state index in [0.29, 0.717) is 18.9 Å². The normalized spacial score (nSPS) is 14.9. The Bertz CT molecular complexity index is 698. The zero-order valence-electron chi connectivity index (χ0n) is 15.6. The zero-order valence-corrected chi connectivity index (χ0v) is 15.6. The van der Waals surface area contributed by atoms with Crippen LogP contribution < -0.4 is 10.1 Å². The Morgan fingerprint density at radius 1 is 1.07 bits per heavy atom. The highest BCUT2D eigenvalue weighted by atomic mass is 19.1. The second-order valence-electron chi connectivity index (χ2n) is 6.99. The van der Waals surface area contributed by atoms with Crippen molar-refractivity contribution in [3.8, 4) is 5.75 Å². The predicted octanol–water partition coefficient (Wildman–Crippen LogP) is 3.28. The number of para-hydroxylation sites is 1. The SMILES string of the molecule is O=C(Cc1ccc(F)cc1)N1CCC(CNCCOc2ccccc2)CC1. The number of ether oxygens (including phenoxy) is 1. The van der Waals surface area contributed by atoms with E-state index in [0.717, 1.165) is 50.3 Å². The maximum absolute atomic E-state index is 12.9. The molecule has 0 aliphatic carbocycles. The molecule has 0 atom stereocenters. The molecule has 1 saturated heterocycles. The number of piperidine rings is 1. The Kier molecular flexibility index (Phi) is 7.22. The summed E-state index contributed by atoms with van der Waals surface area (Å²) in [6, 6.07) is 16.0. The van der Waals surface area contributed by atoms with Gasteiger partial charge in [-0.3, -0.25) is 4.79 Å². The van der Waals surface area contributed by atoms with Gasteiger partial charge < -0.3 is 15.0 Å². The molecule has 0 radical (unpaired) electrons. The number of hydrogen-bond acceptors (Lipinski definition) is 3. The Balaban J connectivity index is 1.29. The number of hydrogen-bond donors (Lipinski definition) is 1. The summed E-state index contributed by atoms with van der Waals surface area (Å²) >= 11 is 0. The standard InChI is InChI=1S/C22H27FN2O2/c23-20-8-6-18(7-9-20)16-22(26)25-13-10-19(11-14-25)17-24-12-15-27-21-4-2-1-3-5-21/h1-9,19,24H,10-17H2. The summed E-state index contributed by atoms with van der Waals surface area (Å²) in [5, 5.41) is 3.45. The van der Waals surface area contributed by atoms with Crippen LogP contribution in [-0.4, -0.2) is 43.6 Å². The quantitative estimate of drug-likeness (QED) is 0.725. The fraction of sp³-hybridized carbons (Fsp3) is 0.409. The van der Waals surface area contributed by atoms with E-state index in [1.54, 1.807) is 12.1 Å². The van der Waals surface area contributed by atoms with E-state index in [4.69, 9.17) is 4.74 Å². The molecule has 1 fully saturated rings. The van der Waals surface area contributed by atoms with Gasteiger partial charge in [0.25, 0.3) is 0 Å². The van der Waals surface area contributed by atoms with Crippen molar-refractivity contribution in [2.75, 3.05) is 32.8 Å². The lowest BCUT2D eigenvalue weighted by atomic mass is 9.96. The van der Waals surface area contributed by atoms with Gasteiger partial charge in [-0.05, 0) is 55.1 Å². The summed E-state index contributed by atoms with van der Waals surface area (Å²) in [5.74, 6) is 1.35. The number of benzene rings is 2. The lowest BCUT2D eigenvalue weighted by Gasteiger charge is -2.32. The van der Waals surface area contributed by atoms with Crippen LogP contribution in [0.25, 0.3) is 0 Å². The van der Waals surface area contributed by atoms with Crippen LogP contribution in [0, 0.1) is 11.7 Å². The van der Waals surface area contributed by atoms with Crippen molar-refractivity contribution < 1.29 is 13.9 Å². The third-order valence-electron chi connectivity index (χ3n) is 4.96. The molecule has 27 heavy (non-hydrogen) atoms. The Morgan fingerprint density at radius 2 is 1.78 bits per heavy atom. The van der Waals surface area contributed by atoms with Gasteiger partial charge in [-0.1, -0.05) is 30.3 Å². The molecule has 5 heteroatoms. The minimum Gasteiger partial charge on any atom is -0.492 e. The van der Waals surface area contributed by atoms with Gasteiger partial charge in [-0.25, -0.2) is 4.39 Å². The maximum Gasteiger partial charge on any atom is 0.226 e. The van der Waals surface area contributed by atoms with Crippen LogP contribution in [0.2, 0.25) is 0 Å². The molecule has 0 unspecified atom stereocenters. The summed E-state index contributed by atoms with van der Waals surface area (Å²) in [7, 11) is 0. The smallest absolute Gasteiger partial charge is 0.226 e. The van der Waals surface area contributed by atoms with Crippen molar-refractivity contribution in [1.82, 2.24) is 10.2 Å². The minimum absolute atomic E-state index is 0.129. The Morgan fingerprint density at radius 3 is 2.48 bits per heavy atom. The van der Waals surface area contributed by atoms with Crippen molar-refractivity contribution in [2.24, 2.45) is 5.92 Å². The first kappa shape index (κ1) is 19.4. The molecule has 0 aromatic heterocycles. The van der Waals surface area contributed by atoms with Gasteiger partial charge >= 0.3 is 0 Å². The topological polar surface area (TPSA) is 41.6 Å². The summed E-state index contributed by atoms with van der Waals surface area (Å²) < 4.78 is 18.6. The minimum atomic E-state index is -0.270. The van der Waals surface area contributed by atoms with Gasteiger partial charge in [0, 0.05) is 19.6 Å². The molecule has 1 aliphatic rings. The van der Waals surface area contributed by atoms with E-state index < -0.39 is 0 Å². The highest BCUT2D eigenvalue weighted by Gasteiger charge is 2.22. The van der Waals surface area contributed by atoms with E-state index in [1.165, 1.54) is 12.1 Å². The number of nitrogens with one attached hydrogen (secondary N) is 1. The molecule has 0 saturated carbocycles. The van der Waals surface area contributed by atoms with Crippen molar-refractivity contribution in [3.63, 3.8) is 0 Å². The molecule has 3 rings (SSSR count). The molecule has 1 heterocycles. The first-order chi connectivity index (χ1) is 13.2. The number of carbonyl (C=O) groups is 1. The summed E-state index contributed by atoms with van der Waals surface area (Å²) in [6.07, 6.45) is 2.38. The van der Waals surface area contributed by atoms with E-state index >= 15 is 0 Å². The maximum atomic E-state index is 12.9. The van der Waals surface area contributed by atoms with Crippen LogP contribution in [0.3, 0.4) is 0 Å². The number of halogens is 1. The van der Waals surface area contributed by atoms with Crippen LogP contribution in [0.1, 0.15) is 18.4 Å². The number of amides is 1. The van der Waals surface area contributed by atoms with Crippen LogP contribution >= 0.6 is 0 Å². The van der Waals surface area contributed by atoms with Crippen LogP contribution in [0.4, 0.5) is 4.39 Å². The van der Waals surface area contributed by atoms with Crippen molar-refractivity contribution in [3.05, 3.63) is 66.0 Å². The van der Waals surface area contributed by atoms with Gasteiger partial charge in [-0.2, -0.15) is 0 Å². The second kappa shape index (κ2) is 10.1. The van der Waals surface area contributed by atoms with E-state index in [1.807, 2.05) is 35.2 Å². The third-order valence-corrected chi connectivity index (χ3v) is 4.96. The molecule has 1 amide bonds. The monoisotopic (exact) mass is 370 g/mol. The average molecular weight is 370 g/mol. The molecule has 2 aromatic rings. The zero-order chi connectivity index (χ0) is 18.9. The van der Waals surface area contributed by atoms with Crippen LogP contribution in [-0.2, 0) is 11.2 Å². The molecule has 2 aromatic carbocycles. The van der Waals surface area contributed by atoms with Gasteiger partial charge in [-0.15, -0.1) is 0 Å². The van der Waals surface area contributed by atoms with Crippen molar-refractivity contribution in [2.45, 2.75) is 19.3 Å². The fourth-order valence-corrected chi connectivity index (χ4v) is 3.34. The van der Waals surface area contributed by atoms with E-state index in [-0.39, 0.29) is 11.7 Å². The number of nitrogens with zero attached hydrogens (tertiary/aromatic N) is 1. The van der Waals surface area contributed by atoms with Gasteiger partial charge in [0.15, 0.2) is 0 Å². The highest BCUT2D eigenvalue weighted by molar-refractivity contribution is 5.78. The fourth-order valence-electron chi connectivity index (χ4n) is 3.34. The van der Waals surface area contributed by atoms with Gasteiger partial charge in [0.2, 0.25) is 5.91 Å². The molecule has 1 aliphatic heterocycles. The molecular formula is C22H27FN2O2. The predicted molar refractivity (Wildman–Crippen MR) is 104 cm³/mol. The van der Waals surface area contributed by atoms with Crippen LogP contribution in [0.15, 0.2) is 54.6 Å². The molecule has 1 N–H and O–H groups in total. The second-order valence-corrected chi connectivity index (χ2v) is 6.99. The first-order valence-corrected chi connectivity index (χ1v) is 9.61. The summed E-state index contributed by atoms with van der Waals surface area (Å²) in [6.45, 7) is 4.02. The van der Waals surface area contributed by atoms with Crippen LogP contribution in [0.5, 0.6) is 5.75 Å². The first-order valence-electron chi connectivity index (χ1n) is 9.61. The number of likely N-dealkylation sites (tertiary alicyclic amines) is 1. The number of carbonyl (C=O) groups excluding carboxylic acids is 1. The largest absolute Gasteiger partial charge is 0.492 e. The Labute approximate surface area is 160 Å². The van der Waals surface area contributed by atoms with E-state index in [2.05, 4.69) is 5.32 Å². The average Bonchev–Trinajstić information content (AvgIpc) is 2.71. The highest BCUT2D eigenvalue weighted by Crippen LogP contribution is 2.17. The molecule has 0 spiro atoms. The summed E-state index contributed by atoms with van der Waals surface area (Å²) in [5.41, 5.74) is 0.864. The molecule has 0 bridgehead atoms. The lowest BCUT2D eigenvalue weighted by Crippen LogP contribution is -2.41. The molecule has 4 nitrogen and oxygen atoms in total. The van der Waals surface area contributed by atoms with Gasteiger partial charge in [0.05, 0.1) is 6.42 Å². The summed E-state index contributed by atoms with van der Waals surface area (Å²) in [4.78, 5) is 14.3. The van der Waals surface area contributed by atoms with Crippen molar-refractivity contribution >= 4 is 5.91 Å². The van der Waals surface area contributed by atoms with Crippen molar-refractivity contribution in [1.29, 1.82) is 0 Å². The number of rotatable bonds is 8. The molecule has 144 valence electrons. The van der Waals surface area contributed by atoms with Gasteiger partial charge in [0.1, 0.15) is 18.2 Å². The molecular weight excluding hydrogens is 343 g/mol.